The van der Waals surface area contributed by atoms with Gasteiger partial charge in [0.15, 0.2) is 0 Å². The summed E-state index contributed by atoms with van der Waals surface area (Å²) >= 11 is 0. The Morgan fingerprint density at radius 3 is 2.45 bits per heavy atom. The van der Waals surface area contributed by atoms with Crippen LogP contribution >= 0.6 is 0 Å². The van der Waals surface area contributed by atoms with Crippen LogP contribution in [0.5, 0.6) is 0 Å². The molecule has 0 saturated carbocycles. The highest BCUT2D eigenvalue weighted by atomic mass is 14.7. The van der Waals surface area contributed by atoms with Crippen LogP contribution in [0.1, 0.15) is 55.6 Å². The van der Waals surface area contributed by atoms with Crippen LogP contribution < -0.4 is 0 Å². The summed E-state index contributed by atoms with van der Waals surface area (Å²) in [5.41, 5.74) is 5.63. The maximum Gasteiger partial charge on any atom is 0.0460 e. The molecule has 3 rings (SSSR count). The third-order valence-electron chi connectivity index (χ3n) is 4.30. The molecule has 20 heavy (non-hydrogen) atoms. The van der Waals surface area contributed by atoms with Crippen LogP contribution in [0.2, 0.25) is 0 Å². The zero-order valence-electron chi connectivity index (χ0n) is 12.7. The highest BCUT2D eigenvalue weighted by molar-refractivity contribution is 5.33. The normalized spacial score (nSPS) is 18.6. The van der Waals surface area contributed by atoms with Gasteiger partial charge in [-0.3, -0.25) is 4.98 Å². The molecule has 1 heterocycles. The lowest BCUT2D eigenvalue weighted by Gasteiger charge is -2.26. The van der Waals surface area contributed by atoms with Crippen molar-refractivity contribution in [1.82, 2.24) is 4.98 Å². The number of aryl methyl sites for hydroxylation is 1. The van der Waals surface area contributed by atoms with Crippen molar-refractivity contribution < 1.29 is 0 Å². The van der Waals surface area contributed by atoms with Crippen LogP contribution in [0.4, 0.5) is 0 Å². The first-order chi connectivity index (χ1) is 9.54. The molecule has 1 unspecified atom stereocenters. The molecule has 1 aliphatic rings. The van der Waals surface area contributed by atoms with Gasteiger partial charge in [0.25, 0.3) is 0 Å². The Bertz CT molecular complexity index is 607. The zero-order chi connectivity index (χ0) is 14.2. The summed E-state index contributed by atoms with van der Waals surface area (Å²) in [4.78, 5) is 4.94. The first kappa shape index (κ1) is 13.4. The van der Waals surface area contributed by atoms with Gasteiger partial charge in [-0.15, -0.1) is 0 Å². The second-order valence-electron chi connectivity index (χ2n) is 6.91. The Kier molecular flexibility index (Phi) is 3.37. The fourth-order valence-corrected chi connectivity index (χ4v) is 3.05. The molecule has 1 nitrogen and oxygen atoms in total. The molecule has 1 aromatic carbocycles. The molecule has 0 amide bonds. The molecule has 0 spiro atoms. The summed E-state index contributed by atoms with van der Waals surface area (Å²) in [6, 6.07) is 15.4. The smallest absolute Gasteiger partial charge is 0.0460 e. The standard InChI is InChI=1S/C19H23N/c1-19(2,3)18-10-6-9-17(20-18)16-12-11-14-7-4-5-8-15(14)13-16/h4-10,16H,11-13H2,1-3H3. The van der Waals surface area contributed by atoms with E-state index in [1.807, 2.05) is 0 Å². The molecule has 0 radical (unpaired) electrons. The number of hydrogen-bond acceptors (Lipinski definition) is 1. The zero-order valence-corrected chi connectivity index (χ0v) is 12.7. The lowest BCUT2D eigenvalue weighted by atomic mass is 9.81. The average Bonchev–Trinajstić information content (AvgIpc) is 2.46. The minimum atomic E-state index is 0.128. The molecule has 2 aromatic rings. The van der Waals surface area contributed by atoms with Gasteiger partial charge in [0.1, 0.15) is 0 Å². The average molecular weight is 265 g/mol. The second-order valence-corrected chi connectivity index (χ2v) is 6.91. The number of rotatable bonds is 1. The van der Waals surface area contributed by atoms with E-state index in [2.05, 4.69) is 63.2 Å². The third-order valence-corrected chi connectivity index (χ3v) is 4.30. The van der Waals surface area contributed by atoms with Gasteiger partial charge < -0.3 is 0 Å². The summed E-state index contributed by atoms with van der Waals surface area (Å²) < 4.78 is 0. The van der Waals surface area contributed by atoms with Crippen molar-refractivity contribution in [2.75, 3.05) is 0 Å². The summed E-state index contributed by atoms with van der Waals surface area (Å²) in [5, 5.41) is 0. The van der Waals surface area contributed by atoms with Gasteiger partial charge in [-0.2, -0.15) is 0 Å². The fourth-order valence-electron chi connectivity index (χ4n) is 3.05. The highest BCUT2D eigenvalue weighted by Gasteiger charge is 2.22. The Morgan fingerprint density at radius 1 is 0.950 bits per heavy atom. The number of hydrogen-bond donors (Lipinski definition) is 0. The predicted octanol–water partition coefficient (Wildman–Crippen LogP) is 4.65. The van der Waals surface area contributed by atoms with Crippen LogP contribution in [-0.4, -0.2) is 4.98 Å². The molecule has 0 N–H and O–H groups in total. The SMILES string of the molecule is CC(C)(C)c1cccc(C2CCc3ccccc3C2)n1. The summed E-state index contributed by atoms with van der Waals surface area (Å²) in [6.45, 7) is 6.69. The molecule has 0 saturated heterocycles. The fraction of sp³-hybridized carbons (Fsp3) is 0.421. The number of fused-ring (bicyclic) bond motifs is 1. The van der Waals surface area contributed by atoms with Gasteiger partial charge in [0.2, 0.25) is 0 Å². The number of nitrogens with zero attached hydrogens (tertiary/aromatic N) is 1. The summed E-state index contributed by atoms with van der Waals surface area (Å²) in [5.74, 6) is 0.576. The van der Waals surface area contributed by atoms with Crippen LogP contribution in [-0.2, 0) is 18.3 Å². The summed E-state index contributed by atoms with van der Waals surface area (Å²) in [6.07, 6.45) is 3.54. The second kappa shape index (κ2) is 5.05. The van der Waals surface area contributed by atoms with Crippen LogP contribution in [0.3, 0.4) is 0 Å². The Labute approximate surface area is 122 Å². The van der Waals surface area contributed by atoms with Gasteiger partial charge in [-0.05, 0) is 42.5 Å². The van der Waals surface area contributed by atoms with Gasteiger partial charge in [-0.1, -0.05) is 51.1 Å². The Hall–Kier alpha value is -1.63. The molecular weight excluding hydrogens is 242 g/mol. The molecule has 1 aliphatic carbocycles. The molecule has 1 aromatic heterocycles. The number of aromatic nitrogens is 1. The number of pyridine rings is 1. The third kappa shape index (κ3) is 2.63. The number of benzene rings is 1. The van der Waals surface area contributed by atoms with Crippen LogP contribution in [0.15, 0.2) is 42.5 Å². The van der Waals surface area contributed by atoms with E-state index < -0.39 is 0 Å². The molecule has 1 atom stereocenters. The van der Waals surface area contributed by atoms with Crippen molar-refractivity contribution >= 4 is 0 Å². The monoisotopic (exact) mass is 265 g/mol. The van der Waals surface area contributed by atoms with E-state index in [4.69, 9.17) is 4.98 Å². The highest BCUT2D eigenvalue weighted by Crippen LogP contribution is 2.32. The lowest BCUT2D eigenvalue weighted by molar-refractivity contribution is 0.538. The molecule has 0 bridgehead atoms. The van der Waals surface area contributed by atoms with Gasteiger partial charge in [0.05, 0.1) is 0 Å². The first-order valence-corrected chi connectivity index (χ1v) is 7.58. The predicted molar refractivity (Wildman–Crippen MR) is 84.1 cm³/mol. The van der Waals surface area contributed by atoms with Crippen molar-refractivity contribution in [2.24, 2.45) is 0 Å². The maximum absolute atomic E-state index is 4.94. The topological polar surface area (TPSA) is 12.9 Å². The van der Waals surface area contributed by atoms with Crippen molar-refractivity contribution in [3.05, 3.63) is 65.0 Å². The van der Waals surface area contributed by atoms with E-state index in [9.17, 15) is 0 Å². The van der Waals surface area contributed by atoms with Crippen molar-refractivity contribution in [1.29, 1.82) is 0 Å². The minimum Gasteiger partial charge on any atom is -0.257 e. The van der Waals surface area contributed by atoms with E-state index >= 15 is 0 Å². The van der Waals surface area contributed by atoms with Crippen LogP contribution in [0.25, 0.3) is 0 Å². The largest absolute Gasteiger partial charge is 0.257 e. The Balaban J connectivity index is 1.88. The van der Waals surface area contributed by atoms with E-state index in [0.717, 1.165) is 6.42 Å². The lowest BCUT2D eigenvalue weighted by Crippen LogP contribution is -2.18. The summed E-state index contributed by atoms with van der Waals surface area (Å²) in [7, 11) is 0. The van der Waals surface area contributed by atoms with Gasteiger partial charge >= 0.3 is 0 Å². The van der Waals surface area contributed by atoms with Crippen LogP contribution in [0, 0.1) is 0 Å². The van der Waals surface area contributed by atoms with Crippen molar-refractivity contribution in [3.8, 4) is 0 Å². The molecule has 0 fully saturated rings. The van der Waals surface area contributed by atoms with E-state index in [-0.39, 0.29) is 5.41 Å². The quantitative estimate of drug-likeness (QED) is 0.731. The first-order valence-electron chi connectivity index (χ1n) is 7.58. The van der Waals surface area contributed by atoms with Gasteiger partial charge in [-0.25, -0.2) is 0 Å². The van der Waals surface area contributed by atoms with Crippen molar-refractivity contribution in [3.63, 3.8) is 0 Å². The molecule has 0 aliphatic heterocycles. The maximum atomic E-state index is 4.94. The molecule has 104 valence electrons. The molecule has 1 heteroatoms. The van der Waals surface area contributed by atoms with E-state index in [0.29, 0.717) is 5.92 Å². The van der Waals surface area contributed by atoms with E-state index in [1.54, 1.807) is 0 Å². The van der Waals surface area contributed by atoms with Gasteiger partial charge in [0, 0.05) is 22.7 Å². The molecular formula is C19H23N. The van der Waals surface area contributed by atoms with E-state index in [1.165, 1.54) is 35.4 Å². The van der Waals surface area contributed by atoms with Crippen molar-refractivity contribution in [2.45, 2.75) is 51.4 Å². The Morgan fingerprint density at radius 2 is 1.70 bits per heavy atom. The minimum absolute atomic E-state index is 0.128.